The molecule has 0 spiro atoms. The number of rotatable bonds is 7. The minimum atomic E-state index is 0.153. The first-order chi connectivity index (χ1) is 12.4. The Morgan fingerprint density at radius 2 is 1.40 bits per heavy atom. The van der Waals surface area contributed by atoms with Crippen molar-refractivity contribution in [1.82, 2.24) is 0 Å². The molecule has 0 aliphatic heterocycles. The summed E-state index contributed by atoms with van der Waals surface area (Å²) < 4.78 is 5.85. The van der Waals surface area contributed by atoms with Gasteiger partial charge in [-0.05, 0) is 35.2 Å². The number of nitrogens with zero attached hydrogens (tertiary/aromatic N) is 1. The van der Waals surface area contributed by atoms with E-state index >= 15 is 0 Å². The normalized spacial score (nSPS) is 12.2. The van der Waals surface area contributed by atoms with Crippen LogP contribution >= 0.6 is 0 Å². The van der Waals surface area contributed by atoms with Gasteiger partial charge in [0.25, 0.3) is 0 Å². The fourth-order valence-electron chi connectivity index (χ4n) is 2.84. The molecule has 0 aromatic heterocycles. The molecular formula is C22H21NO2. The topological polar surface area (TPSA) is 41.8 Å². The molecule has 3 rings (SSSR count). The van der Waals surface area contributed by atoms with Gasteiger partial charge < -0.3 is 9.94 Å². The van der Waals surface area contributed by atoms with Gasteiger partial charge in [0.05, 0.1) is 0 Å². The van der Waals surface area contributed by atoms with Crippen LogP contribution < -0.4 is 4.74 Å². The molecule has 3 nitrogen and oxygen atoms in total. The maximum atomic E-state index is 8.78. The molecule has 25 heavy (non-hydrogen) atoms. The Balaban J connectivity index is 1.72. The summed E-state index contributed by atoms with van der Waals surface area (Å²) in [6.07, 6.45) is 2.18. The standard InChI is InChI=1S/C22H21NO2/c24-23-16-15-22(19-9-5-2-6-10-19)20-11-13-21(14-12-20)25-17-18-7-3-1-4-8-18/h1-14,16,22,24H,15,17H2. The SMILES string of the molecule is ON=CCC(c1ccccc1)c1ccc(OCc2ccccc2)cc1. The van der Waals surface area contributed by atoms with E-state index in [-0.39, 0.29) is 5.92 Å². The van der Waals surface area contributed by atoms with Crippen LogP contribution in [0.3, 0.4) is 0 Å². The maximum absolute atomic E-state index is 8.78. The molecule has 1 N–H and O–H groups in total. The number of ether oxygens (including phenoxy) is 1. The van der Waals surface area contributed by atoms with Crippen molar-refractivity contribution in [2.75, 3.05) is 0 Å². The Hall–Kier alpha value is -3.07. The maximum Gasteiger partial charge on any atom is 0.119 e. The lowest BCUT2D eigenvalue weighted by Crippen LogP contribution is -2.02. The zero-order valence-corrected chi connectivity index (χ0v) is 14.0. The van der Waals surface area contributed by atoms with E-state index in [1.54, 1.807) is 0 Å². The van der Waals surface area contributed by atoms with Gasteiger partial charge in [0.1, 0.15) is 12.4 Å². The van der Waals surface area contributed by atoms with Crippen molar-refractivity contribution in [2.45, 2.75) is 18.9 Å². The zero-order chi connectivity index (χ0) is 17.3. The van der Waals surface area contributed by atoms with E-state index in [4.69, 9.17) is 9.94 Å². The van der Waals surface area contributed by atoms with E-state index in [9.17, 15) is 0 Å². The van der Waals surface area contributed by atoms with Gasteiger partial charge >= 0.3 is 0 Å². The molecule has 3 heteroatoms. The van der Waals surface area contributed by atoms with Gasteiger partial charge in [0, 0.05) is 12.1 Å². The number of oxime groups is 1. The highest BCUT2D eigenvalue weighted by atomic mass is 16.5. The Morgan fingerprint density at radius 1 is 0.800 bits per heavy atom. The van der Waals surface area contributed by atoms with Crippen molar-refractivity contribution in [3.63, 3.8) is 0 Å². The monoisotopic (exact) mass is 331 g/mol. The molecule has 0 saturated heterocycles. The van der Waals surface area contributed by atoms with Crippen molar-refractivity contribution in [2.24, 2.45) is 5.16 Å². The Bertz CT molecular complexity index is 783. The van der Waals surface area contributed by atoms with Gasteiger partial charge in [-0.1, -0.05) is 72.8 Å². The molecule has 0 amide bonds. The van der Waals surface area contributed by atoms with Crippen LogP contribution in [-0.4, -0.2) is 11.4 Å². The average Bonchev–Trinajstić information content (AvgIpc) is 2.69. The van der Waals surface area contributed by atoms with Gasteiger partial charge in [0.2, 0.25) is 0 Å². The summed E-state index contributed by atoms with van der Waals surface area (Å²) in [4.78, 5) is 0. The van der Waals surface area contributed by atoms with Crippen LogP contribution in [0.25, 0.3) is 0 Å². The third-order valence-electron chi connectivity index (χ3n) is 4.16. The van der Waals surface area contributed by atoms with Gasteiger partial charge in [-0.2, -0.15) is 0 Å². The van der Waals surface area contributed by atoms with Crippen LogP contribution in [0.5, 0.6) is 5.75 Å². The quantitative estimate of drug-likeness (QED) is 0.365. The van der Waals surface area contributed by atoms with E-state index in [0.29, 0.717) is 13.0 Å². The molecule has 0 heterocycles. The Kier molecular flexibility index (Phi) is 5.83. The number of benzene rings is 3. The van der Waals surface area contributed by atoms with Crippen LogP contribution in [0.1, 0.15) is 29.0 Å². The second-order valence-corrected chi connectivity index (χ2v) is 5.84. The van der Waals surface area contributed by atoms with E-state index in [0.717, 1.165) is 16.9 Å². The molecule has 0 bridgehead atoms. The molecule has 3 aromatic rings. The van der Waals surface area contributed by atoms with Gasteiger partial charge in [-0.3, -0.25) is 0 Å². The highest BCUT2D eigenvalue weighted by Crippen LogP contribution is 2.28. The molecule has 1 atom stereocenters. The zero-order valence-electron chi connectivity index (χ0n) is 14.0. The minimum absolute atomic E-state index is 0.153. The van der Waals surface area contributed by atoms with E-state index < -0.39 is 0 Å². The average molecular weight is 331 g/mol. The Labute approximate surface area is 148 Å². The Morgan fingerprint density at radius 3 is 2.04 bits per heavy atom. The van der Waals surface area contributed by atoms with Crippen LogP contribution in [0.15, 0.2) is 90.1 Å². The third kappa shape index (κ3) is 4.70. The van der Waals surface area contributed by atoms with E-state index in [1.165, 1.54) is 11.8 Å². The van der Waals surface area contributed by atoms with Crippen molar-refractivity contribution < 1.29 is 9.94 Å². The third-order valence-corrected chi connectivity index (χ3v) is 4.16. The first-order valence-electron chi connectivity index (χ1n) is 8.34. The molecular weight excluding hydrogens is 310 g/mol. The molecule has 3 aromatic carbocycles. The fourth-order valence-corrected chi connectivity index (χ4v) is 2.84. The van der Waals surface area contributed by atoms with Crippen molar-refractivity contribution in [1.29, 1.82) is 0 Å². The molecule has 0 aliphatic carbocycles. The summed E-state index contributed by atoms with van der Waals surface area (Å²) in [6, 6.07) is 28.5. The van der Waals surface area contributed by atoms with Crippen LogP contribution in [0, 0.1) is 0 Å². The van der Waals surface area contributed by atoms with Crippen LogP contribution in [0.4, 0.5) is 0 Å². The second kappa shape index (κ2) is 8.69. The lowest BCUT2D eigenvalue weighted by atomic mass is 9.89. The predicted molar refractivity (Wildman–Crippen MR) is 100 cm³/mol. The molecule has 0 saturated carbocycles. The summed E-state index contributed by atoms with van der Waals surface area (Å²) in [5, 5.41) is 11.9. The second-order valence-electron chi connectivity index (χ2n) is 5.84. The summed E-state index contributed by atoms with van der Waals surface area (Å²) in [5.74, 6) is 0.996. The van der Waals surface area contributed by atoms with Crippen molar-refractivity contribution >= 4 is 6.21 Å². The highest BCUT2D eigenvalue weighted by molar-refractivity contribution is 5.59. The number of hydrogen-bond donors (Lipinski definition) is 1. The minimum Gasteiger partial charge on any atom is -0.489 e. The smallest absolute Gasteiger partial charge is 0.119 e. The van der Waals surface area contributed by atoms with E-state index in [2.05, 4.69) is 29.4 Å². The molecule has 1 unspecified atom stereocenters. The summed E-state index contributed by atoms with van der Waals surface area (Å²) >= 11 is 0. The summed E-state index contributed by atoms with van der Waals surface area (Å²) in [5.41, 5.74) is 3.51. The van der Waals surface area contributed by atoms with Crippen molar-refractivity contribution in [3.05, 3.63) is 102 Å². The van der Waals surface area contributed by atoms with Gasteiger partial charge in [-0.15, -0.1) is 5.16 Å². The lowest BCUT2D eigenvalue weighted by molar-refractivity contribution is 0.306. The molecule has 0 aliphatic rings. The molecule has 126 valence electrons. The summed E-state index contributed by atoms with van der Waals surface area (Å²) in [6.45, 7) is 0.555. The predicted octanol–water partition coefficient (Wildman–Crippen LogP) is 5.25. The van der Waals surface area contributed by atoms with Gasteiger partial charge in [-0.25, -0.2) is 0 Å². The highest BCUT2D eigenvalue weighted by Gasteiger charge is 2.13. The largest absolute Gasteiger partial charge is 0.489 e. The fraction of sp³-hybridized carbons (Fsp3) is 0.136. The van der Waals surface area contributed by atoms with Crippen LogP contribution in [-0.2, 0) is 6.61 Å². The molecule has 0 radical (unpaired) electrons. The molecule has 0 fully saturated rings. The van der Waals surface area contributed by atoms with Crippen molar-refractivity contribution in [3.8, 4) is 5.75 Å². The van der Waals surface area contributed by atoms with E-state index in [1.807, 2.05) is 60.7 Å². The number of hydrogen-bond acceptors (Lipinski definition) is 3. The first-order valence-corrected chi connectivity index (χ1v) is 8.34. The van der Waals surface area contributed by atoms with Gasteiger partial charge in [0.15, 0.2) is 0 Å². The van der Waals surface area contributed by atoms with Crippen LogP contribution in [0.2, 0.25) is 0 Å². The lowest BCUT2D eigenvalue weighted by Gasteiger charge is -2.16. The summed E-state index contributed by atoms with van der Waals surface area (Å²) in [7, 11) is 0. The first kappa shape index (κ1) is 16.8.